The Morgan fingerprint density at radius 1 is 0.886 bits per heavy atom. The van der Waals surface area contributed by atoms with Gasteiger partial charge in [-0.15, -0.1) is 0 Å². The number of aliphatic hydroxyl groups is 1. The summed E-state index contributed by atoms with van der Waals surface area (Å²) in [6.45, 7) is -0.406. The molecule has 2 saturated heterocycles. The van der Waals surface area contributed by atoms with Crippen LogP contribution in [0.5, 0.6) is 23.0 Å². The van der Waals surface area contributed by atoms with Gasteiger partial charge in [0.05, 0.1) is 12.2 Å². The number of rotatable bonds is 9. The maximum absolute atomic E-state index is 13.6. The first-order valence-electron chi connectivity index (χ1n) is 14.3. The molecule has 2 aromatic carbocycles. The molecule has 5 rings (SSSR count). The summed E-state index contributed by atoms with van der Waals surface area (Å²) < 4.78 is 18.2. The summed E-state index contributed by atoms with van der Waals surface area (Å²) in [5.41, 5.74) is -2.42. The number of fused-ring (bicyclic) bond motifs is 1. The van der Waals surface area contributed by atoms with Crippen LogP contribution in [0.25, 0.3) is 12.2 Å². The van der Waals surface area contributed by atoms with Gasteiger partial charge in [-0.3, -0.25) is 9.59 Å². The third-order valence-electron chi connectivity index (χ3n) is 8.64. The van der Waals surface area contributed by atoms with Gasteiger partial charge in [-0.2, -0.15) is 0 Å². The van der Waals surface area contributed by atoms with Gasteiger partial charge in [-0.05, 0) is 73.2 Å². The summed E-state index contributed by atoms with van der Waals surface area (Å²) in [5, 5.41) is 60.0. The van der Waals surface area contributed by atoms with Gasteiger partial charge >= 0.3 is 5.97 Å². The molecule has 0 spiro atoms. The molecule has 2 aromatic rings. The fourth-order valence-corrected chi connectivity index (χ4v) is 6.34. The van der Waals surface area contributed by atoms with Crippen LogP contribution in [0.1, 0.15) is 43.2 Å². The lowest BCUT2D eigenvalue weighted by Gasteiger charge is -2.56. The van der Waals surface area contributed by atoms with Crippen molar-refractivity contribution in [1.82, 2.24) is 0 Å². The lowest BCUT2D eigenvalue weighted by Crippen LogP contribution is -2.69. The van der Waals surface area contributed by atoms with E-state index in [1.165, 1.54) is 54.6 Å². The maximum Gasteiger partial charge on any atom is 0.336 e. The third-order valence-corrected chi connectivity index (χ3v) is 8.64. The lowest BCUT2D eigenvalue weighted by atomic mass is 9.65. The predicted octanol–water partition coefficient (Wildman–Crippen LogP) is 2.69. The Morgan fingerprint density at radius 2 is 1.52 bits per heavy atom. The normalized spacial score (nSPS) is 30.1. The topological polar surface area (TPSA) is 200 Å². The van der Waals surface area contributed by atoms with E-state index in [-0.39, 0.29) is 54.7 Å². The molecule has 0 amide bonds. The van der Waals surface area contributed by atoms with Crippen LogP contribution in [0.15, 0.2) is 48.6 Å². The Kier molecular flexibility index (Phi) is 8.80. The van der Waals surface area contributed by atoms with Crippen LogP contribution in [0, 0.1) is 5.92 Å². The number of carbonyl (C=O) groups excluding carboxylic acids is 2. The molecule has 2 bridgehead atoms. The van der Waals surface area contributed by atoms with Gasteiger partial charge in [0.1, 0.15) is 18.3 Å². The summed E-state index contributed by atoms with van der Waals surface area (Å²) >= 11 is 0. The number of carboxylic acids is 1. The molecule has 44 heavy (non-hydrogen) atoms. The zero-order valence-corrected chi connectivity index (χ0v) is 23.7. The lowest BCUT2D eigenvalue weighted by molar-refractivity contribution is -0.283. The minimum Gasteiger partial charge on any atom is -0.504 e. The van der Waals surface area contributed by atoms with Crippen LogP contribution >= 0.6 is 0 Å². The van der Waals surface area contributed by atoms with Crippen LogP contribution in [-0.4, -0.2) is 90.9 Å². The van der Waals surface area contributed by atoms with Crippen molar-refractivity contribution < 1.29 is 59.2 Å². The van der Waals surface area contributed by atoms with E-state index in [9.17, 15) is 45.0 Å². The smallest absolute Gasteiger partial charge is 0.336 e. The number of phenols is 4. The van der Waals surface area contributed by atoms with Crippen LogP contribution in [0.2, 0.25) is 0 Å². The standard InChI is InChI=1S/C32H34O12/c33-20(6-2-18-3-7-22(34)24(36)14-18)17-43-32(30(40)41)16-26(38)29-28-21(32)10-12-31(44-28,11-1-13-42-29)27(39)9-5-19-4-8-23(35)25(37)15-19/h2-9,14-15,21,26,28-29,34-38H,1,10-13,16-17H2,(H,40,41)/t21-,26-,28+,29+,31-,32-/m1/s1. The Bertz CT molecular complexity index is 1500. The van der Waals surface area contributed by atoms with Crippen molar-refractivity contribution >= 4 is 29.7 Å². The fraction of sp³-hybridized carbons (Fsp3) is 0.406. The molecule has 12 nitrogen and oxygen atoms in total. The second kappa shape index (κ2) is 12.4. The van der Waals surface area contributed by atoms with Crippen molar-refractivity contribution in [2.24, 2.45) is 5.92 Å². The summed E-state index contributed by atoms with van der Waals surface area (Å²) in [4.78, 5) is 39.1. The first kappa shape index (κ1) is 31.2. The zero-order chi connectivity index (χ0) is 31.6. The van der Waals surface area contributed by atoms with E-state index in [1.54, 1.807) is 0 Å². The number of aliphatic carboxylic acids is 1. The van der Waals surface area contributed by atoms with Crippen molar-refractivity contribution in [3.05, 3.63) is 59.7 Å². The second-order valence-electron chi connectivity index (χ2n) is 11.4. The highest BCUT2D eigenvalue weighted by Gasteiger charge is 2.64. The summed E-state index contributed by atoms with van der Waals surface area (Å²) in [5.74, 6) is -4.49. The van der Waals surface area contributed by atoms with Gasteiger partial charge in [-0.1, -0.05) is 24.3 Å². The SMILES string of the molecule is O=C(C=Cc1ccc(O)c(O)c1)CO[C@]1(C(=O)O)C[C@@H](O)[C@@H]2OCCC[C@]3(C(=O)C=Cc4ccc(O)c(O)c4)CC[C@@H]1[C@@H]2O3. The van der Waals surface area contributed by atoms with Crippen LogP contribution in [0.3, 0.4) is 0 Å². The number of benzene rings is 2. The average Bonchev–Trinajstić information content (AvgIpc) is 2.98. The first-order valence-corrected chi connectivity index (χ1v) is 14.3. The number of hydrogen-bond acceptors (Lipinski definition) is 11. The number of aliphatic hydroxyl groups excluding tert-OH is 1. The maximum atomic E-state index is 13.6. The van der Waals surface area contributed by atoms with E-state index < -0.39 is 53.8 Å². The molecule has 0 unspecified atom stereocenters. The molecule has 0 radical (unpaired) electrons. The zero-order valence-electron chi connectivity index (χ0n) is 23.7. The van der Waals surface area contributed by atoms with E-state index in [4.69, 9.17) is 14.2 Å². The number of aromatic hydroxyl groups is 4. The van der Waals surface area contributed by atoms with E-state index in [0.29, 0.717) is 24.0 Å². The second-order valence-corrected chi connectivity index (χ2v) is 11.4. The average molecular weight is 611 g/mol. The molecule has 2 aliphatic heterocycles. The number of ether oxygens (including phenoxy) is 3. The molecular formula is C32H34O12. The molecule has 6 atom stereocenters. The summed E-state index contributed by atoms with van der Waals surface area (Å²) in [6.07, 6.45) is 2.82. The highest BCUT2D eigenvalue weighted by molar-refractivity contribution is 6.00. The van der Waals surface area contributed by atoms with E-state index >= 15 is 0 Å². The Hall–Kier alpha value is -4.23. The monoisotopic (exact) mass is 610 g/mol. The predicted molar refractivity (Wildman–Crippen MR) is 154 cm³/mol. The number of carbonyl (C=O) groups is 3. The Labute approximate surface area is 252 Å². The van der Waals surface area contributed by atoms with Crippen molar-refractivity contribution in [3.8, 4) is 23.0 Å². The molecule has 234 valence electrons. The van der Waals surface area contributed by atoms with Gasteiger partial charge in [0, 0.05) is 18.9 Å². The molecule has 1 aliphatic carbocycles. The molecule has 2 heterocycles. The number of carboxylic acid groups (broad SMARTS) is 1. The molecule has 0 aromatic heterocycles. The van der Waals surface area contributed by atoms with Gasteiger partial charge in [0.15, 0.2) is 40.2 Å². The molecule has 12 heteroatoms. The van der Waals surface area contributed by atoms with Gasteiger partial charge < -0.3 is 44.8 Å². The Morgan fingerprint density at radius 3 is 2.14 bits per heavy atom. The number of ketones is 2. The molecule has 3 fully saturated rings. The summed E-state index contributed by atoms with van der Waals surface area (Å²) in [7, 11) is 0. The van der Waals surface area contributed by atoms with Gasteiger partial charge in [-0.25, -0.2) is 4.79 Å². The van der Waals surface area contributed by atoms with E-state index in [0.717, 1.165) is 6.08 Å². The largest absolute Gasteiger partial charge is 0.504 e. The quantitative estimate of drug-likeness (QED) is 0.179. The minimum atomic E-state index is -2.00. The third kappa shape index (κ3) is 6.06. The Balaban J connectivity index is 1.36. The van der Waals surface area contributed by atoms with Crippen LogP contribution in [-0.2, 0) is 28.6 Å². The van der Waals surface area contributed by atoms with Gasteiger partial charge in [0.25, 0.3) is 0 Å². The van der Waals surface area contributed by atoms with Crippen LogP contribution in [0.4, 0.5) is 0 Å². The van der Waals surface area contributed by atoms with Gasteiger partial charge in [0.2, 0.25) is 0 Å². The molecule has 1 saturated carbocycles. The first-order chi connectivity index (χ1) is 20.9. The van der Waals surface area contributed by atoms with Crippen molar-refractivity contribution in [2.75, 3.05) is 13.2 Å². The van der Waals surface area contributed by atoms with E-state index in [2.05, 4.69) is 0 Å². The number of hydrogen-bond donors (Lipinski definition) is 6. The van der Waals surface area contributed by atoms with E-state index in [1.807, 2.05) is 0 Å². The summed E-state index contributed by atoms with van der Waals surface area (Å²) in [6, 6.07) is 8.11. The molecule has 3 aliphatic rings. The van der Waals surface area contributed by atoms with Crippen molar-refractivity contribution in [3.63, 3.8) is 0 Å². The van der Waals surface area contributed by atoms with Crippen molar-refractivity contribution in [2.45, 2.75) is 61.6 Å². The number of phenolic OH excluding ortho intramolecular Hbond substituents is 4. The highest BCUT2D eigenvalue weighted by atomic mass is 16.6. The molecular weight excluding hydrogens is 576 g/mol. The van der Waals surface area contributed by atoms with Crippen LogP contribution < -0.4 is 0 Å². The highest BCUT2D eigenvalue weighted by Crippen LogP contribution is 2.50. The fourth-order valence-electron chi connectivity index (χ4n) is 6.34. The van der Waals surface area contributed by atoms with Crippen molar-refractivity contribution in [1.29, 1.82) is 0 Å². The minimum absolute atomic E-state index is 0.164. The molecule has 6 N–H and O–H groups in total.